The van der Waals surface area contributed by atoms with Gasteiger partial charge in [-0.3, -0.25) is 0 Å². The molecule has 1 N–H and O–H groups in total. The smallest absolute Gasteiger partial charge is 0.131 e. The summed E-state index contributed by atoms with van der Waals surface area (Å²) < 4.78 is 7.57. The van der Waals surface area contributed by atoms with E-state index in [4.69, 9.17) is 4.74 Å². The topological polar surface area (TPSA) is 39.1 Å². The van der Waals surface area contributed by atoms with Gasteiger partial charge in [0.25, 0.3) is 0 Å². The number of hydrogen-bond acceptors (Lipinski definition) is 4. The first-order chi connectivity index (χ1) is 9.78. The van der Waals surface area contributed by atoms with Crippen LogP contribution in [0.5, 0.6) is 0 Å². The van der Waals surface area contributed by atoms with Gasteiger partial charge in [0.1, 0.15) is 11.9 Å². The van der Waals surface area contributed by atoms with Crippen LogP contribution in [0.3, 0.4) is 0 Å². The van der Waals surface area contributed by atoms with Gasteiger partial charge in [0.15, 0.2) is 0 Å². The Morgan fingerprint density at radius 2 is 2.40 bits per heavy atom. The van der Waals surface area contributed by atoms with Gasteiger partial charge < -0.3 is 14.6 Å². The Bertz CT molecular complexity index is 537. The van der Waals surface area contributed by atoms with Crippen LogP contribution in [-0.4, -0.2) is 28.8 Å². The number of nitrogens with one attached hydrogen (secondary N) is 1. The average Bonchev–Trinajstić information content (AvgIpc) is 3.18. The molecule has 0 spiro atoms. The second-order valence-electron chi connectivity index (χ2n) is 5.38. The number of ether oxygens (including phenoxy) is 1. The molecule has 0 saturated heterocycles. The van der Waals surface area contributed by atoms with E-state index in [1.165, 1.54) is 11.3 Å². The summed E-state index contributed by atoms with van der Waals surface area (Å²) in [6.45, 7) is 0. The van der Waals surface area contributed by atoms with Crippen molar-refractivity contribution < 1.29 is 4.74 Å². The van der Waals surface area contributed by atoms with Crippen LogP contribution in [0.15, 0.2) is 29.9 Å². The summed E-state index contributed by atoms with van der Waals surface area (Å²) >= 11 is 1.78. The van der Waals surface area contributed by atoms with Crippen LogP contribution in [0.1, 0.15) is 36.0 Å². The van der Waals surface area contributed by atoms with E-state index in [9.17, 15) is 0 Å². The predicted octanol–water partition coefficient (Wildman–Crippen LogP) is 2.73. The Kier molecular flexibility index (Phi) is 4.19. The molecule has 2 aromatic heterocycles. The number of hydrogen-bond donors (Lipinski definition) is 1. The molecule has 0 bridgehead atoms. The molecule has 3 unspecified atom stereocenters. The molecule has 0 aliphatic heterocycles. The third-order valence-corrected chi connectivity index (χ3v) is 5.00. The maximum absolute atomic E-state index is 5.47. The van der Waals surface area contributed by atoms with Crippen molar-refractivity contribution in [2.24, 2.45) is 7.05 Å². The average molecular weight is 291 g/mol. The number of methoxy groups -OCH3 is 1. The minimum Gasteiger partial charge on any atom is -0.381 e. The minimum absolute atomic E-state index is 0.176. The summed E-state index contributed by atoms with van der Waals surface area (Å²) in [6.07, 6.45) is 7.67. The molecule has 1 aliphatic rings. The number of rotatable bonds is 5. The van der Waals surface area contributed by atoms with E-state index in [1.54, 1.807) is 11.3 Å². The van der Waals surface area contributed by atoms with Gasteiger partial charge in [0, 0.05) is 37.5 Å². The lowest BCUT2D eigenvalue weighted by molar-refractivity contribution is 0.106. The highest BCUT2D eigenvalue weighted by molar-refractivity contribution is 7.10. The Hall–Kier alpha value is -1.17. The number of nitrogens with zero attached hydrogens (tertiary/aromatic N) is 2. The molecule has 0 radical (unpaired) electrons. The van der Waals surface area contributed by atoms with Gasteiger partial charge in [-0.15, -0.1) is 11.3 Å². The first kappa shape index (κ1) is 13.8. The highest BCUT2D eigenvalue weighted by Gasteiger charge is 2.29. The van der Waals surface area contributed by atoms with Crippen molar-refractivity contribution in [2.45, 2.75) is 37.5 Å². The summed E-state index contributed by atoms with van der Waals surface area (Å²) in [5.74, 6) is 1.08. The van der Waals surface area contributed by atoms with Crippen LogP contribution in [0.25, 0.3) is 0 Å². The van der Waals surface area contributed by atoms with Crippen LogP contribution >= 0.6 is 11.3 Å². The number of imidazole rings is 1. The molecule has 0 amide bonds. The maximum atomic E-state index is 5.47. The van der Waals surface area contributed by atoms with Crippen LogP contribution in [0.2, 0.25) is 0 Å². The summed E-state index contributed by atoms with van der Waals surface area (Å²) in [7, 11) is 3.86. The van der Waals surface area contributed by atoms with Gasteiger partial charge in [-0.05, 0) is 30.7 Å². The molecular weight excluding hydrogens is 270 g/mol. The molecule has 20 heavy (non-hydrogen) atoms. The Morgan fingerprint density at radius 3 is 3.00 bits per heavy atom. The standard InChI is InChI=1S/C15H21N3OS/c1-18-8-7-16-15(18)14(13-4-3-9-20-13)17-11-5-6-12(10-11)19-2/h3-4,7-9,11-12,14,17H,5-6,10H2,1-2H3. The second-order valence-corrected chi connectivity index (χ2v) is 6.36. The van der Waals surface area contributed by atoms with Crippen LogP contribution < -0.4 is 5.32 Å². The molecular formula is C15H21N3OS. The maximum Gasteiger partial charge on any atom is 0.131 e. The van der Waals surface area contributed by atoms with E-state index in [1.807, 2.05) is 19.5 Å². The van der Waals surface area contributed by atoms with E-state index in [0.717, 1.165) is 18.7 Å². The molecule has 108 valence electrons. The Labute approximate surface area is 123 Å². The molecule has 2 heterocycles. The molecule has 2 aromatic rings. The third-order valence-electron chi connectivity index (χ3n) is 4.06. The van der Waals surface area contributed by atoms with Gasteiger partial charge >= 0.3 is 0 Å². The Morgan fingerprint density at radius 1 is 1.50 bits per heavy atom. The zero-order valence-corrected chi connectivity index (χ0v) is 12.8. The lowest BCUT2D eigenvalue weighted by Crippen LogP contribution is -2.33. The lowest BCUT2D eigenvalue weighted by atomic mass is 10.1. The molecule has 1 aliphatic carbocycles. The second kappa shape index (κ2) is 6.08. The number of aryl methyl sites for hydroxylation is 1. The number of thiophene rings is 1. The summed E-state index contributed by atoms with van der Waals surface area (Å²) in [4.78, 5) is 5.85. The highest BCUT2D eigenvalue weighted by atomic mass is 32.1. The van der Waals surface area contributed by atoms with Crippen molar-refractivity contribution in [1.82, 2.24) is 14.9 Å². The molecule has 5 heteroatoms. The SMILES string of the molecule is COC1CCC(NC(c2cccs2)c2nccn2C)C1. The molecule has 3 atom stereocenters. The first-order valence-corrected chi connectivity index (χ1v) is 7.95. The zero-order valence-electron chi connectivity index (χ0n) is 12.0. The fourth-order valence-corrected chi connectivity index (χ4v) is 3.72. The van der Waals surface area contributed by atoms with E-state index in [2.05, 4.69) is 39.4 Å². The predicted molar refractivity (Wildman–Crippen MR) is 80.9 cm³/mol. The van der Waals surface area contributed by atoms with E-state index < -0.39 is 0 Å². The summed E-state index contributed by atoms with van der Waals surface area (Å²) in [5, 5.41) is 5.90. The van der Waals surface area contributed by atoms with Gasteiger partial charge in [0.2, 0.25) is 0 Å². The van der Waals surface area contributed by atoms with E-state index >= 15 is 0 Å². The summed E-state index contributed by atoms with van der Waals surface area (Å²) in [5.41, 5.74) is 0. The molecule has 0 aromatic carbocycles. The highest BCUT2D eigenvalue weighted by Crippen LogP contribution is 2.29. The molecule has 1 saturated carbocycles. The molecule has 3 rings (SSSR count). The van der Waals surface area contributed by atoms with E-state index in [0.29, 0.717) is 12.1 Å². The van der Waals surface area contributed by atoms with Gasteiger partial charge in [-0.2, -0.15) is 0 Å². The third kappa shape index (κ3) is 2.80. The number of aromatic nitrogens is 2. The van der Waals surface area contributed by atoms with Gasteiger partial charge in [0.05, 0.1) is 6.10 Å². The van der Waals surface area contributed by atoms with Crippen molar-refractivity contribution in [3.8, 4) is 0 Å². The van der Waals surface area contributed by atoms with Crippen molar-refractivity contribution in [1.29, 1.82) is 0 Å². The van der Waals surface area contributed by atoms with Crippen molar-refractivity contribution in [3.63, 3.8) is 0 Å². The van der Waals surface area contributed by atoms with Gasteiger partial charge in [-0.25, -0.2) is 4.98 Å². The van der Waals surface area contributed by atoms with Crippen LogP contribution in [-0.2, 0) is 11.8 Å². The fourth-order valence-electron chi connectivity index (χ4n) is 2.94. The minimum atomic E-state index is 0.176. The largest absolute Gasteiger partial charge is 0.381 e. The molecule has 4 nitrogen and oxygen atoms in total. The molecule has 1 fully saturated rings. The monoisotopic (exact) mass is 291 g/mol. The van der Waals surface area contributed by atoms with Crippen molar-refractivity contribution >= 4 is 11.3 Å². The lowest BCUT2D eigenvalue weighted by Gasteiger charge is -2.22. The summed E-state index contributed by atoms with van der Waals surface area (Å²) in [6, 6.07) is 4.96. The van der Waals surface area contributed by atoms with Crippen molar-refractivity contribution in [3.05, 3.63) is 40.6 Å². The Balaban J connectivity index is 1.79. The zero-order chi connectivity index (χ0) is 13.9. The van der Waals surface area contributed by atoms with Gasteiger partial charge in [-0.1, -0.05) is 6.07 Å². The first-order valence-electron chi connectivity index (χ1n) is 7.07. The fraction of sp³-hybridized carbons (Fsp3) is 0.533. The normalized spacial score (nSPS) is 24.1. The quantitative estimate of drug-likeness (QED) is 0.920. The van der Waals surface area contributed by atoms with Crippen molar-refractivity contribution in [2.75, 3.05) is 7.11 Å². The van der Waals surface area contributed by atoms with Crippen LogP contribution in [0.4, 0.5) is 0 Å². The van der Waals surface area contributed by atoms with Crippen LogP contribution in [0, 0.1) is 0 Å². The van der Waals surface area contributed by atoms with E-state index in [-0.39, 0.29) is 6.04 Å².